The quantitative estimate of drug-likeness (QED) is 0.775. The third-order valence-corrected chi connectivity index (χ3v) is 2.67. The minimum Gasteiger partial charge on any atom is -0.384 e. The van der Waals surface area contributed by atoms with Crippen LogP contribution in [-0.4, -0.2) is 32.4 Å². The summed E-state index contributed by atoms with van der Waals surface area (Å²) < 4.78 is 1.74. The van der Waals surface area contributed by atoms with E-state index in [1.807, 2.05) is 7.05 Å². The summed E-state index contributed by atoms with van der Waals surface area (Å²) in [6.07, 6.45) is 1.58. The minimum atomic E-state index is -0.185. The lowest BCUT2D eigenvalue weighted by Gasteiger charge is -2.04. The van der Waals surface area contributed by atoms with Crippen molar-refractivity contribution >= 4 is 5.91 Å². The van der Waals surface area contributed by atoms with Gasteiger partial charge in [0.2, 0.25) is 0 Å². The van der Waals surface area contributed by atoms with Gasteiger partial charge in [-0.3, -0.25) is 4.79 Å². The van der Waals surface area contributed by atoms with Crippen LogP contribution >= 0.6 is 0 Å². The molecule has 0 bridgehead atoms. The summed E-state index contributed by atoms with van der Waals surface area (Å²) in [6.45, 7) is 0.140. The Balaban J connectivity index is 1.97. The lowest BCUT2D eigenvalue weighted by Crippen LogP contribution is -2.24. The van der Waals surface area contributed by atoms with Crippen LogP contribution in [0.4, 0.5) is 0 Å². The van der Waals surface area contributed by atoms with Crippen LogP contribution in [0.2, 0.25) is 0 Å². The fourth-order valence-corrected chi connectivity index (χ4v) is 1.58. The maximum atomic E-state index is 11.9. The predicted molar refractivity (Wildman–Crippen MR) is 72.6 cm³/mol. The molecule has 0 aliphatic carbocycles. The molecule has 0 radical (unpaired) electrons. The standard InChI is InChI=1S/C14H14N4O2/c1-18-10-16-17-13(18)9-15-14(20)12-6-4-11(5-7-12)3-2-8-19/h4-7,10,19H,8-9H2,1H3,(H,15,20). The molecule has 2 rings (SSSR count). The molecular weight excluding hydrogens is 256 g/mol. The van der Waals surface area contributed by atoms with Crippen LogP contribution < -0.4 is 5.32 Å². The first-order valence-corrected chi connectivity index (χ1v) is 6.01. The summed E-state index contributed by atoms with van der Waals surface area (Å²) in [7, 11) is 1.82. The highest BCUT2D eigenvalue weighted by Crippen LogP contribution is 2.03. The van der Waals surface area contributed by atoms with Gasteiger partial charge in [0.05, 0.1) is 6.54 Å². The van der Waals surface area contributed by atoms with Crippen molar-refractivity contribution in [3.8, 4) is 11.8 Å². The van der Waals surface area contributed by atoms with Crippen molar-refractivity contribution in [3.05, 3.63) is 47.5 Å². The third kappa shape index (κ3) is 3.43. The lowest BCUT2D eigenvalue weighted by atomic mass is 10.1. The van der Waals surface area contributed by atoms with E-state index in [0.29, 0.717) is 17.9 Å². The number of nitrogens with zero attached hydrogens (tertiary/aromatic N) is 3. The van der Waals surface area contributed by atoms with E-state index in [4.69, 9.17) is 5.11 Å². The Bertz CT molecular complexity index is 650. The molecule has 0 saturated heterocycles. The topological polar surface area (TPSA) is 80.0 Å². The Morgan fingerprint density at radius 1 is 1.40 bits per heavy atom. The third-order valence-electron chi connectivity index (χ3n) is 2.67. The zero-order valence-corrected chi connectivity index (χ0v) is 11.0. The number of hydrogen-bond acceptors (Lipinski definition) is 4. The van der Waals surface area contributed by atoms with E-state index in [-0.39, 0.29) is 12.5 Å². The van der Waals surface area contributed by atoms with E-state index in [1.165, 1.54) is 0 Å². The number of aliphatic hydroxyl groups is 1. The number of nitrogens with one attached hydrogen (secondary N) is 1. The average Bonchev–Trinajstić information content (AvgIpc) is 2.88. The second-order valence-corrected chi connectivity index (χ2v) is 4.08. The largest absolute Gasteiger partial charge is 0.384 e. The van der Waals surface area contributed by atoms with Crippen molar-refractivity contribution in [1.29, 1.82) is 0 Å². The molecule has 0 atom stereocenters. The minimum absolute atomic E-state index is 0.181. The Morgan fingerprint density at radius 3 is 2.75 bits per heavy atom. The molecule has 0 saturated carbocycles. The Morgan fingerprint density at radius 2 is 2.15 bits per heavy atom. The molecule has 0 fully saturated rings. The van der Waals surface area contributed by atoms with Gasteiger partial charge in [-0.1, -0.05) is 11.8 Å². The number of rotatable bonds is 3. The van der Waals surface area contributed by atoms with Crippen molar-refractivity contribution in [2.45, 2.75) is 6.54 Å². The van der Waals surface area contributed by atoms with Crippen LogP contribution in [0.25, 0.3) is 0 Å². The van der Waals surface area contributed by atoms with Crippen molar-refractivity contribution in [1.82, 2.24) is 20.1 Å². The SMILES string of the molecule is Cn1cnnc1CNC(=O)c1ccc(C#CCO)cc1. The summed E-state index contributed by atoms with van der Waals surface area (Å²) in [6, 6.07) is 6.85. The van der Waals surface area contributed by atoms with Gasteiger partial charge in [0, 0.05) is 18.2 Å². The van der Waals surface area contributed by atoms with Gasteiger partial charge in [-0.05, 0) is 24.3 Å². The molecule has 0 unspecified atom stereocenters. The Labute approximate surface area is 116 Å². The normalized spacial score (nSPS) is 9.70. The van der Waals surface area contributed by atoms with Gasteiger partial charge in [-0.2, -0.15) is 0 Å². The molecule has 102 valence electrons. The number of benzene rings is 1. The molecule has 0 aliphatic heterocycles. The molecule has 1 heterocycles. The van der Waals surface area contributed by atoms with Crippen LogP contribution in [0.15, 0.2) is 30.6 Å². The van der Waals surface area contributed by atoms with Gasteiger partial charge in [0.25, 0.3) is 5.91 Å². The van der Waals surface area contributed by atoms with Crippen LogP contribution in [0.1, 0.15) is 21.7 Å². The second kappa shape index (κ2) is 6.50. The van der Waals surface area contributed by atoms with Gasteiger partial charge < -0.3 is 15.0 Å². The van der Waals surface area contributed by atoms with Gasteiger partial charge in [0.15, 0.2) is 5.82 Å². The molecule has 1 amide bonds. The molecule has 1 aromatic carbocycles. The highest BCUT2D eigenvalue weighted by Gasteiger charge is 2.07. The first kappa shape index (κ1) is 13.8. The number of carbonyl (C=O) groups is 1. The first-order chi connectivity index (χ1) is 9.70. The molecule has 2 N–H and O–H groups in total. The number of aryl methyl sites for hydroxylation is 1. The smallest absolute Gasteiger partial charge is 0.251 e. The van der Waals surface area contributed by atoms with Crippen molar-refractivity contribution in [3.63, 3.8) is 0 Å². The summed E-state index contributed by atoms with van der Waals surface area (Å²) in [5, 5.41) is 19.0. The molecule has 6 heteroatoms. The van der Waals surface area contributed by atoms with Gasteiger partial charge in [-0.15, -0.1) is 10.2 Å². The Hall–Kier alpha value is -2.65. The Kier molecular flexibility index (Phi) is 4.47. The maximum Gasteiger partial charge on any atom is 0.251 e. The zero-order valence-electron chi connectivity index (χ0n) is 11.0. The fraction of sp³-hybridized carbons (Fsp3) is 0.214. The van der Waals surface area contributed by atoms with Crippen molar-refractivity contribution < 1.29 is 9.90 Å². The summed E-state index contributed by atoms with van der Waals surface area (Å²) in [5.74, 6) is 5.82. The van der Waals surface area contributed by atoms with Gasteiger partial charge in [0.1, 0.15) is 12.9 Å². The van der Waals surface area contributed by atoms with E-state index in [2.05, 4.69) is 27.4 Å². The van der Waals surface area contributed by atoms with E-state index in [9.17, 15) is 4.79 Å². The van der Waals surface area contributed by atoms with Crippen LogP contribution in [0.3, 0.4) is 0 Å². The number of aliphatic hydroxyl groups excluding tert-OH is 1. The molecule has 6 nitrogen and oxygen atoms in total. The predicted octanol–water partition coefficient (Wildman–Crippen LogP) is 0.0889. The number of amides is 1. The maximum absolute atomic E-state index is 11.9. The highest BCUT2D eigenvalue weighted by molar-refractivity contribution is 5.94. The van der Waals surface area contributed by atoms with Crippen LogP contribution in [-0.2, 0) is 13.6 Å². The fourth-order valence-electron chi connectivity index (χ4n) is 1.58. The molecule has 20 heavy (non-hydrogen) atoms. The van der Waals surface area contributed by atoms with E-state index in [0.717, 1.165) is 5.56 Å². The molecule has 2 aromatic rings. The first-order valence-electron chi connectivity index (χ1n) is 6.01. The van der Waals surface area contributed by atoms with E-state index >= 15 is 0 Å². The molecule has 0 spiro atoms. The van der Waals surface area contributed by atoms with Gasteiger partial charge in [-0.25, -0.2) is 0 Å². The molecular formula is C14H14N4O2. The van der Waals surface area contributed by atoms with Crippen molar-refractivity contribution in [2.24, 2.45) is 7.05 Å². The summed E-state index contributed by atoms with van der Waals surface area (Å²) in [4.78, 5) is 11.9. The molecule has 0 aliphatic rings. The average molecular weight is 270 g/mol. The molecule has 1 aromatic heterocycles. The van der Waals surface area contributed by atoms with E-state index < -0.39 is 0 Å². The van der Waals surface area contributed by atoms with Crippen LogP contribution in [0, 0.1) is 11.8 Å². The highest BCUT2D eigenvalue weighted by atomic mass is 16.2. The zero-order chi connectivity index (χ0) is 14.4. The number of carbonyl (C=O) groups excluding carboxylic acids is 1. The second-order valence-electron chi connectivity index (χ2n) is 4.08. The summed E-state index contributed by atoms with van der Waals surface area (Å²) >= 11 is 0. The number of hydrogen-bond donors (Lipinski definition) is 2. The monoisotopic (exact) mass is 270 g/mol. The number of aromatic nitrogens is 3. The van der Waals surface area contributed by atoms with Crippen LogP contribution in [0.5, 0.6) is 0 Å². The van der Waals surface area contributed by atoms with E-state index in [1.54, 1.807) is 35.2 Å². The van der Waals surface area contributed by atoms with Gasteiger partial charge >= 0.3 is 0 Å². The summed E-state index contributed by atoms with van der Waals surface area (Å²) in [5.41, 5.74) is 1.30. The lowest BCUT2D eigenvalue weighted by molar-refractivity contribution is 0.0949. The van der Waals surface area contributed by atoms with Crippen molar-refractivity contribution in [2.75, 3.05) is 6.61 Å².